The highest BCUT2D eigenvalue weighted by atomic mass is 15.0. The largest absolute Gasteiger partial charge is 0.310 e. The van der Waals surface area contributed by atoms with Gasteiger partial charge in [0, 0.05) is 6.04 Å². The third kappa shape index (κ3) is 2.14. The maximum Gasteiger partial charge on any atom is 0.0284 e. The van der Waals surface area contributed by atoms with Gasteiger partial charge < -0.3 is 5.32 Å². The maximum atomic E-state index is 3.69. The molecule has 2 aliphatic carbocycles. The molecule has 2 fully saturated rings. The lowest BCUT2D eigenvalue weighted by molar-refractivity contribution is 0.456. The zero-order valence-electron chi connectivity index (χ0n) is 11.6. The number of benzene rings is 1. The van der Waals surface area contributed by atoms with Crippen LogP contribution in [0.3, 0.4) is 0 Å². The van der Waals surface area contributed by atoms with Crippen molar-refractivity contribution in [3.05, 3.63) is 41.0 Å². The third-order valence-electron chi connectivity index (χ3n) is 5.41. The van der Waals surface area contributed by atoms with Crippen LogP contribution in [0.4, 0.5) is 0 Å². The van der Waals surface area contributed by atoms with E-state index in [1.54, 1.807) is 11.1 Å². The fraction of sp³-hybridized carbons (Fsp3) is 0.556. The minimum atomic E-state index is 0.626. The molecule has 0 amide bonds. The van der Waals surface area contributed by atoms with Crippen LogP contribution in [-0.4, -0.2) is 12.6 Å². The minimum absolute atomic E-state index is 0.626. The van der Waals surface area contributed by atoms with E-state index in [1.807, 2.05) is 0 Å². The van der Waals surface area contributed by atoms with E-state index in [-0.39, 0.29) is 0 Å². The summed E-state index contributed by atoms with van der Waals surface area (Å²) in [5.74, 6) is 1.86. The lowest BCUT2D eigenvalue weighted by atomic mass is 9.93. The third-order valence-corrected chi connectivity index (χ3v) is 5.41. The second-order valence-corrected chi connectivity index (χ2v) is 6.53. The van der Waals surface area contributed by atoms with Crippen molar-refractivity contribution < 1.29 is 0 Å². The van der Waals surface area contributed by atoms with Gasteiger partial charge >= 0.3 is 0 Å². The van der Waals surface area contributed by atoms with Crippen LogP contribution in [0.2, 0.25) is 0 Å². The molecule has 1 nitrogen and oxygen atoms in total. The van der Waals surface area contributed by atoms with E-state index >= 15 is 0 Å². The average Bonchev–Trinajstić information content (AvgIpc) is 3.12. The smallest absolute Gasteiger partial charge is 0.0284 e. The fourth-order valence-electron chi connectivity index (χ4n) is 4.35. The molecule has 4 rings (SSSR count). The molecule has 0 aromatic heterocycles. The van der Waals surface area contributed by atoms with Crippen molar-refractivity contribution in [3.63, 3.8) is 0 Å². The topological polar surface area (TPSA) is 12.0 Å². The summed E-state index contributed by atoms with van der Waals surface area (Å²) >= 11 is 0. The van der Waals surface area contributed by atoms with Crippen LogP contribution >= 0.6 is 0 Å². The fourth-order valence-corrected chi connectivity index (χ4v) is 4.35. The Morgan fingerprint density at radius 2 is 2.00 bits per heavy atom. The highest BCUT2D eigenvalue weighted by Crippen LogP contribution is 2.38. The first-order valence-corrected chi connectivity index (χ1v) is 7.93. The van der Waals surface area contributed by atoms with Gasteiger partial charge in [-0.1, -0.05) is 36.8 Å². The number of hydrogen-bond donors (Lipinski definition) is 1. The first-order chi connectivity index (χ1) is 9.40. The SMILES string of the molecule is C(=C\C1NCC2CCCC21)/c1ccc2c(c1)CCC2. The molecule has 0 spiro atoms. The molecular formula is C18H23N. The predicted octanol–water partition coefficient (Wildman–Crippen LogP) is 3.58. The highest BCUT2D eigenvalue weighted by Gasteiger charge is 2.37. The van der Waals surface area contributed by atoms with Gasteiger partial charge in [-0.05, 0) is 67.2 Å². The molecule has 19 heavy (non-hydrogen) atoms. The van der Waals surface area contributed by atoms with E-state index in [0.29, 0.717) is 6.04 Å². The Labute approximate surface area is 116 Å². The molecule has 3 aliphatic rings. The number of hydrogen-bond acceptors (Lipinski definition) is 1. The van der Waals surface area contributed by atoms with E-state index in [4.69, 9.17) is 0 Å². The van der Waals surface area contributed by atoms with Crippen LogP contribution in [0.5, 0.6) is 0 Å². The van der Waals surface area contributed by atoms with Crippen molar-refractivity contribution in [1.82, 2.24) is 5.32 Å². The normalized spacial score (nSPS) is 32.9. The monoisotopic (exact) mass is 253 g/mol. The van der Waals surface area contributed by atoms with E-state index < -0.39 is 0 Å². The van der Waals surface area contributed by atoms with Crippen LogP contribution in [0.1, 0.15) is 42.4 Å². The number of fused-ring (bicyclic) bond motifs is 2. The van der Waals surface area contributed by atoms with Crippen LogP contribution in [0.25, 0.3) is 6.08 Å². The van der Waals surface area contributed by atoms with Gasteiger partial charge in [-0.15, -0.1) is 0 Å². The number of aryl methyl sites for hydroxylation is 2. The Bertz CT molecular complexity index is 502. The van der Waals surface area contributed by atoms with E-state index in [0.717, 1.165) is 11.8 Å². The summed E-state index contributed by atoms with van der Waals surface area (Å²) in [6.45, 7) is 1.24. The summed E-state index contributed by atoms with van der Waals surface area (Å²) in [5.41, 5.74) is 4.55. The van der Waals surface area contributed by atoms with E-state index in [2.05, 4.69) is 35.7 Å². The molecule has 1 aromatic rings. The van der Waals surface area contributed by atoms with Gasteiger partial charge in [0.25, 0.3) is 0 Å². The molecule has 1 heteroatoms. The molecule has 1 aromatic carbocycles. The van der Waals surface area contributed by atoms with Crippen LogP contribution in [-0.2, 0) is 12.8 Å². The van der Waals surface area contributed by atoms with Gasteiger partial charge in [-0.2, -0.15) is 0 Å². The molecule has 1 saturated carbocycles. The van der Waals surface area contributed by atoms with Crippen LogP contribution in [0.15, 0.2) is 24.3 Å². The average molecular weight is 253 g/mol. The standard InChI is InChI=1S/C18H23N/c1-3-14-9-7-13(11-15(14)4-1)8-10-18-17-6-2-5-16(17)12-19-18/h7-11,16-19H,1-6,12H2/b10-8+. The Balaban J connectivity index is 1.50. The van der Waals surface area contributed by atoms with E-state index in [9.17, 15) is 0 Å². The second-order valence-electron chi connectivity index (χ2n) is 6.53. The zero-order valence-corrected chi connectivity index (χ0v) is 11.6. The summed E-state index contributed by atoms with van der Waals surface area (Å²) in [7, 11) is 0. The predicted molar refractivity (Wildman–Crippen MR) is 80.1 cm³/mol. The zero-order chi connectivity index (χ0) is 12.7. The van der Waals surface area contributed by atoms with Crippen LogP contribution < -0.4 is 5.32 Å². The number of nitrogens with one attached hydrogen (secondary N) is 1. The lowest BCUT2D eigenvalue weighted by Crippen LogP contribution is -2.23. The summed E-state index contributed by atoms with van der Waals surface area (Å²) in [5, 5.41) is 3.69. The first kappa shape index (κ1) is 11.7. The second kappa shape index (κ2) is 4.79. The summed E-state index contributed by atoms with van der Waals surface area (Å²) < 4.78 is 0. The molecule has 1 N–H and O–H groups in total. The molecule has 100 valence electrons. The Morgan fingerprint density at radius 3 is 3.00 bits per heavy atom. The minimum Gasteiger partial charge on any atom is -0.310 e. The Morgan fingerprint density at radius 1 is 1.05 bits per heavy atom. The van der Waals surface area contributed by atoms with Crippen molar-refractivity contribution >= 4 is 6.08 Å². The van der Waals surface area contributed by atoms with E-state index in [1.165, 1.54) is 50.6 Å². The van der Waals surface area contributed by atoms with Crippen molar-refractivity contribution in [2.24, 2.45) is 11.8 Å². The maximum absolute atomic E-state index is 3.69. The van der Waals surface area contributed by atoms with Crippen LogP contribution in [0, 0.1) is 11.8 Å². The molecule has 1 aliphatic heterocycles. The van der Waals surface area contributed by atoms with Gasteiger partial charge in [0.1, 0.15) is 0 Å². The van der Waals surface area contributed by atoms with Gasteiger partial charge in [0.2, 0.25) is 0 Å². The van der Waals surface area contributed by atoms with Crippen molar-refractivity contribution in [2.45, 2.75) is 44.6 Å². The summed E-state index contributed by atoms with van der Waals surface area (Å²) in [6.07, 6.45) is 13.0. The van der Waals surface area contributed by atoms with Crippen molar-refractivity contribution in [3.8, 4) is 0 Å². The first-order valence-electron chi connectivity index (χ1n) is 7.93. The lowest BCUT2D eigenvalue weighted by Gasteiger charge is -2.13. The molecule has 1 saturated heterocycles. The Hall–Kier alpha value is -1.08. The molecule has 3 unspecified atom stereocenters. The molecule has 0 bridgehead atoms. The highest BCUT2D eigenvalue weighted by molar-refractivity contribution is 5.53. The summed E-state index contributed by atoms with van der Waals surface area (Å²) in [4.78, 5) is 0. The van der Waals surface area contributed by atoms with Gasteiger partial charge in [0.15, 0.2) is 0 Å². The quantitative estimate of drug-likeness (QED) is 0.849. The van der Waals surface area contributed by atoms with Gasteiger partial charge in [0.05, 0.1) is 0 Å². The molecule has 1 heterocycles. The molecular weight excluding hydrogens is 230 g/mol. The summed E-state index contributed by atoms with van der Waals surface area (Å²) in [6, 6.07) is 7.66. The van der Waals surface area contributed by atoms with Gasteiger partial charge in [-0.3, -0.25) is 0 Å². The Kier molecular flexibility index (Phi) is 2.96. The van der Waals surface area contributed by atoms with Crippen molar-refractivity contribution in [1.29, 1.82) is 0 Å². The molecule has 0 radical (unpaired) electrons. The van der Waals surface area contributed by atoms with Gasteiger partial charge in [-0.25, -0.2) is 0 Å². The molecule has 3 atom stereocenters. The number of rotatable bonds is 2. The van der Waals surface area contributed by atoms with Crippen molar-refractivity contribution in [2.75, 3.05) is 6.54 Å².